The van der Waals surface area contributed by atoms with Gasteiger partial charge in [0.1, 0.15) is 18.0 Å². The molecule has 2 aromatic heterocycles. The van der Waals surface area contributed by atoms with E-state index in [0.29, 0.717) is 18.5 Å². The summed E-state index contributed by atoms with van der Waals surface area (Å²) in [6, 6.07) is 18.3. The molecule has 3 saturated heterocycles. The fourth-order valence-electron chi connectivity index (χ4n) is 5.51. The minimum Gasteiger partial charge on any atom is -0.370 e. The maximum Gasteiger partial charge on any atom is 0.257 e. The SMILES string of the molecule is N#Cc1ccc(N2CCC3(CC2)OC2CCC(c4ccccc4)N2C3=O)c2ccnn12. The molecule has 7 heteroatoms. The Morgan fingerprint density at radius 2 is 1.87 bits per heavy atom. The molecule has 5 heterocycles. The predicted molar refractivity (Wildman–Crippen MR) is 114 cm³/mol. The molecule has 0 N–H and O–H groups in total. The quantitative estimate of drug-likeness (QED) is 0.645. The summed E-state index contributed by atoms with van der Waals surface area (Å²) in [6.45, 7) is 1.46. The van der Waals surface area contributed by atoms with Crippen molar-refractivity contribution in [3.63, 3.8) is 0 Å². The van der Waals surface area contributed by atoms with Crippen molar-refractivity contribution >= 4 is 17.1 Å². The van der Waals surface area contributed by atoms with Crippen molar-refractivity contribution in [3.8, 4) is 6.07 Å². The highest BCUT2D eigenvalue weighted by molar-refractivity contribution is 5.88. The molecule has 0 bridgehead atoms. The molecule has 2 unspecified atom stereocenters. The number of carbonyl (C=O) groups is 1. The Labute approximate surface area is 180 Å². The summed E-state index contributed by atoms with van der Waals surface area (Å²) in [5, 5.41) is 13.6. The second-order valence-electron chi connectivity index (χ2n) is 8.61. The first-order valence-electron chi connectivity index (χ1n) is 10.9. The van der Waals surface area contributed by atoms with Crippen LogP contribution in [0.25, 0.3) is 5.52 Å². The van der Waals surface area contributed by atoms with Crippen molar-refractivity contribution in [1.29, 1.82) is 5.26 Å². The van der Waals surface area contributed by atoms with Crippen LogP contribution in [0.2, 0.25) is 0 Å². The number of hydrogen-bond acceptors (Lipinski definition) is 5. The highest BCUT2D eigenvalue weighted by Crippen LogP contribution is 2.48. The topological polar surface area (TPSA) is 73.9 Å². The van der Waals surface area contributed by atoms with Crippen LogP contribution in [0.3, 0.4) is 0 Å². The van der Waals surface area contributed by atoms with Crippen molar-refractivity contribution < 1.29 is 9.53 Å². The number of amides is 1. The Morgan fingerprint density at radius 1 is 1.06 bits per heavy atom. The molecule has 3 aliphatic rings. The van der Waals surface area contributed by atoms with E-state index in [1.807, 2.05) is 35.2 Å². The Bertz CT molecular complexity index is 1190. The van der Waals surface area contributed by atoms with Gasteiger partial charge in [0.15, 0.2) is 5.60 Å². The van der Waals surface area contributed by atoms with Crippen LogP contribution >= 0.6 is 0 Å². The number of aromatic nitrogens is 2. The number of fused-ring (bicyclic) bond motifs is 2. The van der Waals surface area contributed by atoms with E-state index in [-0.39, 0.29) is 18.2 Å². The van der Waals surface area contributed by atoms with E-state index in [2.05, 4.69) is 28.2 Å². The zero-order valence-electron chi connectivity index (χ0n) is 17.1. The summed E-state index contributed by atoms with van der Waals surface area (Å²) in [5.41, 5.74) is 2.95. The smallest absolute Gasteiger partial charge is 0.257 e. The van der Waals surface area contributed by atoms with Gasteiger partial charge in [0, 0.05) is 25.9 Å². The molecule has 0 radical (unpaired) electrons. The number of anilines is 1. The van der Waals surface area contributed by atoms with E-state index in [1.165, 1.54) is 5.56 Å². The van der Waals surface area contributed by atoms with Gasteiger partial charge >= 0.3 is 0 Å². The van der Waals surface area contributed by atoms with Gasteiger partial charge in [-0.3, -0.25) is 4.79 Å². The summed E-state index contributed by atoms with van der Waals surface area (Å²) in [7, 11) is 0. The van der Waals surface area contributed by atoms with Crippen LogP contribution < -0.4 is 4.90 Å². The number of pyridine rings is 1. The lowest BCUT2D eigenvalue weighted by Crippen LogP contribution is -2.50. The van der Waals surface area contributed by atoms with Gasteiger partial charge in [0.2, 0.25) is 0 Å². The largest absolute Gasteiger partial charge is 0.370 e. The molecule has 3 fully saturated rings. The third-order valence-electron chi connectivity index (χ3n) is 7.06. The van der Waals surface area contributed by atoms with Crippen LogP contribution in [0.15, 0.2) is 54.7 Å². The third kappa shape index (κ3) is 2.68. The van der Waals surface area contributed by atoms with Gasteiger partial charge in [-0.05, 0) is 36.6 Å². The van der Waals surface area contributed by atoms with Gasteiger partial charge in [-0.25, -0.2) is 4.52 Å². The number of carbonyl (C=O) groups excluding carboxylic acids is 1. The van der Waals surface area contributed by atoms with E-state index >= 15 is 0 Å². The van der Waals surface area contributed by atoms with Crippen molar-refractivity contribution in [3.05, 3.63) is 66.0 Å². The van der Waals surface area contributed by atoms with Gasteiger partial charge in [-0.2, -0.15) is 10.4 Å². The minimum atomic E-state index is -0.711. The number of nitriles is 1. The Morgan fingerprint density at radius 3 is 2.65 bits per heavy atom. The predicted octanol–water partition coefficient (Wildman–Crippen LogP) is 3.26. The molecule has 7 nitrogen and oxygen atoms in total. The molecular weight excluding hydrogens is 390 g/mol. The van der Waals surface area contributed by atoms with Crippen LogP contribution in [0, 0.1) is 11.3 Å². The fourth-order valence-corrected chi connectivity index (χ4v) is 5.51. The molecule has 2 atom stereocenters. The first-order valence-corrected chi connectivity index (χ1v) is 10.9. The standard InChI is InChI=1S/C24H23N5O2/c25-16-18-6-7-20(21-10-13-26-29(18)21)27-14-11-24(12-15-27)23(30)28-19(8-9-22(28)31-24)17-4-2-1-3-5-17/h1-7,10,13,19,22H,8-9,11-12,14-15H2. The van der Waals surface area contributed by atoms with E-state index in [9.17, 15) is 10.1 Å². The van der Waals surface area contributed by atoms with Crippen molar-refractivity contribution in [2.24, 2.45) is 0 Å². The summed E-state index contributed by atoms with van der Waals surface area (Å²) in [5.74, 6) is 0.151. The first kappa shape index (κ1) is 18.4. The van der Waals surface area contributed by atoms with E-state index in [1.54, 1.807) is 16.8 Å². The Balaban J connectivity index is 1.24. The summed E-state index contributed by atoms with van der Waals surface area (Å²) < 4.78 is 8.14. The molecule has 6 rings (SSSR count). The van der Waals surface area contributed by atoms with Crippen molar-refractivity contribution in [2.45, 2.75) is 43.6 Å². The monoisotopic (exact) mass is 413 g/mol. The lowest BCUT2D eigenvalue weighted by molar-refractivity contribution is -0.140. The second-order valence-corrected chi connectivity index (χ2v) is 8.61. The normalized spacial score (nSPS) is 24.7. The molecule has 1 spiro atoms. The molecule has 3 aliphatic heterocycles. The summed E-state index contributed by atoms with van der Waals surface area (Å²) in [4.78, 5) is 17.9. The van der Waals surface area contributed by atoms with Gasteiger partial charge in [0.25, 0.3) is 5.91 Å². The first-order chi connectivity index (χ1) is 15.2. The number of nitrogens with zero attached hydrogens (tertiary/aromatic N) is 5. The summed E-state index contributed by atoms with van der Waals surface area (Å²) in [6.07, 6.45) is 4.78. The lowest BCUT2D eigenvalue weighted by atomic mass is 9.89. The van der Waals surface area contributed by atoms with Crippen molar-refractivity contribution in [1.82, 2.24) is 14.5 Å². The zero-order chi connectivity index (χ0) is 21.0. The average Bonchev–Trinajstić information content (AvgIpc) is 3.52. The Kier molecular flexibility index (Phi) is 4.05. The van der Waals surface area contributed by atoms with Crippen LogP contribution in [-0.4, -0.2) is 45.3 Å². The number of hydrogen-bond donors (Lipinski definition) is 0. The van der Waals surface area contributed by atoms with E-state index < -0.39 is 5.60 Å². The molecule has 0 saturated carbocycles. The van der Waals surface area contributed by atoms with Crippen LogP contribution in [0.4, 0.5) is 5.69 Å². The molecule has 1 amide bonds. The summed E-state index contributed by atoms with van der Waals surface area (Å²) >= 11 is 0. The highest BCUT2D eigenvalue weighted by Gasteiger charge is 2.57. The molecule has 1 aromatic carbocycles. The number of ether oxygens (including phenoxy) is 1. The molecule has 31 heavy (non-hydrogen) atoms. The van der Waals surface area contributed by atoms with Gasteiger partial charge in [-0.1, -0.05) is 30.3 Å². The van der Waals surface area contributed by atoms with Crippen LogP contribution in [0.1, 0.15) is 43.0 Å². The molecule has 0 aliphatic carbocycles. The van der Waals surface area contributed by atoms with Crippen LogP contribution in [-0.2, 0) is 9.53 Å². The lowest BCUT2D eigenvalue weighted by Gasteiger charge is -2.38. The molecule has 3 aromatic rings. The minimum absolute atomic E-state index is 0.110. The zero-order valence-corrected chi connectivity index (χ0v) is 17.1. The number of benzene rings is 1. The van der Waals surface area contributed by atoms with Crippen molar-refractivity contribution in [2.75, 3.05) is 18.0 Å². The number of piperidine rings is 1. The van der Waals surface area contributed by atoms with Gasteiger partial charge in [-0.15, -0.1) is 0 Å². The van der Waals surface area contributed by atoms with Gasteiger partial charge < -0.3 is 14.5 Å². The maximum absolute atomic E-state index is 13.6. The van der Waals surface area contributed by atoms with Gasteiger partial charge in [0.05, 0.1) is 23.4 Å². The molecular formula is C24H23N5O2. The second kappa shape index (κ2) is 6.82. The average molecular weight is 413 g/mol. The maximum atomic E-state index is 13.6. The van der Waals surface area contributed by atoms with Crippen LogP contribution in [0.5, 0.6) is 0 Å². The van der Waals surface area contributed by atoms with E-state index in [0.717, 1.165) is 37.1 Å². The highest BCUT2D eigenvalue weighted by atomic mass is 16.6. The molecule has 156 valence electrons. The van der Waals surface area contributed by atoms with E-state index in [4.69, 9.17) is 4.74 Å². The Hall–Kier alpha value is -3.37. The third-order valence-corrected chi connectivity index (χ3v) is 7.06. The number of rotatable bonds is 2. The fraction of sp³-hybridized carbons (Fsp3) is 0.375.